The molecule has 7 nitrogen and oxygen atoms in total. The zero-order valence-electron chi connectivity index (χ0n) is 20.6. The molecule has 4 rings (SSSR count). The summed E-state index contributed by atoms with van der Waals surface area (Å²) in [6.07, 6.45) is -1.01. The van der Waals surface area contributed by atoms with Gasteiger partial charge in [0.1, 0.15) is 6.17 Å². The van der Waals surface area contributed by atoms with Crippen molar-refractivity contribution < 1.29 is 16.8 Å². The molecule has 35 heavy (non-hydrogen) atoms. The Bertz CT molecular complexity index is 1400. The van der Waals surface area contributed by atoms with Crippen LogP contribution in [-0.4, -0.2) is 52.1 Å². The summed E-state index contributed by atoms with van der Waals surface area (Å²) in [6, 6.07) is 20.0. The van der Waals surface area contributed by atoms with Gasteiger partial charge in [0.25, 0.3) is 0 Å². The van der Waals surface area contributed by atoms with Crippen molar-refractivity contribution in [3.63, 3.8) is 0 Å². The Hall–Kier alpha value is -2.72. The quantitative estimate of drug-likeness (QED) is 0.495. The van der Waals surface area contributed by atoms with E-state index < -0.39 is 32.3 Å². The number of rotatable bonds is 6. The van der Waals surface area contributed by atoms with E-state index in [1.165, 1.54) is 8.61 Å². The van der Waals surface area contributed by atoms with Crippen LogP contribution in [-0.2, 0) is 20.0 Å². The standard InChI is InChI=1S/C26H31N3O4S2/c1-19-6-14-24(15-7-19)34(30,31)28-18-21(3)29(35(32,33)25-16-8-20(2)9-17-25)26(28)22-10-12-23(13-11-22)27(4)5/h6-17,21,26H,18H2,1-5H3/t21-,26+/m0/s1. The summed E-state index contributed by atoms with van der Waals surface area (Å²) in [6.45, 7) is 5.57. The highest BCUT2D eigenvalue weighted by molar-refractivity contribution is 7.90. The highest BCUT2D eigenvalue weighted by Gasteiger charge is 2.50. The van der Waals surface area contributed by atoms with E-state index in [4.69, 9.17) is 0 Å². The molecule has 0 saturated carbocycles. The van der Waals surface area contributed by atoms with Crippen molar-refractivity contribution in [3.8, 4) is 0 Å². The van der Waals surface area contributed by atoms with E-state index in [9.17, 15) is 16.8 Å². The molecule has 0 radical (unpaired) electrons. The molecule has 0 aliphatic carbocycles. The monoisotopic (exact) mass is 513 g/mol. The van der Waals surface area contributed by atoms with Crippen molar-refractivity contribution in [2.24, 2.45) is 0 Å². The molecule has 0 amide bonds. The summed E-state index contributed by atoms with van der Waals surface area (Å²) in [5, 5.41) is 0. The van der Waals surface area contributed by atoms with Crippen LogP contribution in [0.1, 0.15) is 29.8 Å². The largest absolute Gasteiger partial charge is 0.378 e. The van der Waals surface area contributed by atoms with E-state index in [1.54, 1.807) is 67.6 Å². The maximum Gasteiger partial charge on any atom is 0.245 e. The second kappa shape index (κ2) is 9.39. The second-order valence-corrected chi connectivity index (χ2v) is 13.0. The number of nitrogens with zero attached hydrogens (tertiary/aromatic N) is 3. The number of sulfonamides is 2. The van der Waals surface area contributed by atoms with Crippen LogP contribution >= 0.6 is 0 Å². The van der Waals surface area contributed by atoms with Gasteiger partial charge in [-0.05, 0) is 62.7 Å². The molecule has 3 aromatic carbocycles. The predicted octanol–water partition coefficient (Wildman–Crippen LogP) is 4.15. The smallest absolute Gasteiger partial charge is 0.245 e. The first-order chi connectivity index (χ1) is 16.4. The Kier molecular flexibility index (Phi) is 6.80. The highest BCUT2D eigenvalue weighted by atomic mass is 32.2. The molecule has 1 saturated heterocycles. The highest BCUT2D eigenvalue weighted by Crippen LogP contribution is 2.41. The van der Waals surface area contributed by atoms with Crippen molar-refractivity contribution in [1.82, 2.24) is 8.61 Å². The Morgan fingerprint density at radius 2 is 1.17 bits per heavy atom. The minimum Gasteiger partial charge on any atom is -0.378 e. The predicted molar refractivity (Wildman–Crippen MR) is 138 cm³/mol. The van der Waals surface area contributed by atoms with E-state index in [0.717, 1.165) is 16.8 Å². The van der Waals surface area contributed by atoms with E-state index in [0.29, 0.717) is 5.56 Å². The summed E-state index contributed by atoms with van der Waals surface area (Å²) in [4.78, 5) is 2.21. The molecule has 2 atom stereocenters. The topological polar surface area (TPSA) is 78.0 Å². The number of hydrogen-bond acceptors (Lipinski definition) is 5. The Balaban J connectivity index is 1.87. The normalized spacial score (nSPS) is 19.7. The molecule has 1 heterocycles. The summed E-state index contributed by atoms with van der Waals surface area (Å²) >= 11 is 0. The summed E-state index contributed by atoms with van der Waals surface area (Å²) in [5.41, 5.74) is 3.41. The van der Waals surface area contributed by atoms with Gasteiger partial charge in [-0.15, -0.1) is 0 Å². The zero-order chi connectivity index (χ0) is 25.5. The van der Waals surface area contributed by atoms with Gasteiger partial charge in [0, 0.05) is 32.4 Å². The third-order valence-electron chi connectivity index (χ3n) is 6.32. The average molecular weight is 514 g/mol. The van der Waals surface area contributed by atoms with Crippen LogP contribution in [0, 0.1) is 13.8 Å². The van der Waals surface area contributed by atoms with Gasteiger partial charge in [0.15, 0.2) is 0 Å². The first-order valence-corrected chi connectivity index (χ1v) is 14.3. The molecule has 1 aliphatic rings. The van der Waals surface area contributed by atoms with E-state index in [1.807, 2.05) is 45.0 Å². The van der Waals surface area contributed by atoms with Crippen LogP contribution in [0.4, 0.5) is 5.69 Å². The maximum absolute atomic E-state index is 13.9. The van der Waals surface area contributed by atoms with Gasteiger partial charge in [-0.1, -0.05) is 47.5 Å². The molecule has 1 fully saturated rings. The van der Waals surface area contributed by atoms with Crippen LogP contribution < -0.4 is 4.90 Å². The number of anilines is 1. The van der Waals surface area contributed by atoms with Crippen LogP contribution in [0.5, 0.6) is 0 Å². The first kappa shape index (κ1) is 25.4. The lowest BCUT2D eigenvalue weighted by Crippen LogP contribution is -2.39. The van der Waals surface area contributed by atoms with Gasteiger partial charge >= 0.3 is 0 Å². The van der Waals surface area contributed by atoms with Gasteiger partial charge in [-0.3, -0.25) is 0 Å². The van der Waals surface area contributed by atoms with Gasteiger partial charge in [0.05, 0.1) is 9.79 Å². The van der Waals surface area contributed by atoms with Crippen LogP contribution in [0.15, 0.2) is 82.6 Å². The lowest BCUT2D eigenvalue weighted by molar-refractivity contribution is 0.276. The second-order valence-electron chi connectivity index (χ2n) is 9.24. The molecule has 0 bridgehead atoms. The van der Waals surface area contributed by atoms with Crippen LogP contribution in [0.25, 0.3) is 0 Å². The Morgan fingerprint density at radius 1 is 0.714 bits per heavy atom. The summed E-state index contributed by atoms with van der Waals surface area (Å²) in [7, 11) is -4.15. The fraction of sp³-hybridized carbons (Fsp3) is 0.308. The van der Waals surface area contributed by atoms with E-state index >= 15 is 0 Å². The molecule has 0 unspecified atom stereocenters. The van der Waals surface area contributed by atoms with Crippen molar-refractivity contribution in [1.29, 1.82) is 0 Å². The molecule has 0 aromatic heterocycles. The van der Waals surface area contributed by atoms with Gasteiger partial charge < -0.3 is 4.90 Å². The fourth-order valence-corrected chi connectivity index (χ4v) is 7.81. The lowest BCUT2D eigenvalue weighted by atomic mass is 10.1. The third-order valence-corrected chi connectivity index (χ3v) is 10.1. The van der Waals surface area contributed by atoms with E-state index in [2.05, 4.69) is 0 Å². The van der Waals surface area contributed by atoms with Crippen molar-refractivity contribution >= 4 is 25.7 Å². The number of aryl methyl sites for hydroxylation is 2. The van der Waals surface area contributed by atoms with Gasteiger partial charge in [-0.2, -0.15) is 8.61 Å². The molecule has 0 spiro atoms. The minimum absolute atomic E-state index is 0.0431. The average Bonchev–Trinajstić information content (AvgIpc) is 3.18. The van der Waals surface area contributed by atoms with E-state index in [-0.39, 0.29) is 16.3 Å². The van der Waals surface area contributed by atoms with Crippen molar-refractivity contribution in [2.45, 2.75) is 42.8 Å². The summed E-state index contributed by atoms with van der Waals surface area (Å²) < 4.78 is 58.0. The molecular formula is C26H31N3O4S2. The molecule has 186 valence electrons. The van der Waals surface area contributed by atoms with Crippen molar-refractivity contribution in [2.75, 3.05) is 25.5 Å². The molecule has 1 aliphatic heterocycles. The SMILES string of the molecule is Cc1ccc(S(=O)(=O)N2C[C@H](C)N(S(=O)(=O)c3ccc(C)cc3)[C@@H]2c2ccc(N(C)C)cc2)cc1. The molecular weight excluding hydrogens is 482 g/mol. The third kappa shape index (κ3) is 4.73. The lowest BCUT2D eigenvalue weighted by Gasteiger charge is -2.31. The maximum atomic E-state index is 13.9. The zero-order valence-corrected chi connectivity index (χ0v) is 22.2. The molecule has 3 aromatic rings. The van der Waals surface area contributed by atoms with Gasteiger partial charge in [-0.25, -0.2) is 16.8 Å². The van der Waals surface area contributed by atoms with Crippen molar-refractivity contribution in [3.05, 3.63) is 89.5 Å². The summed E-state index contributed by atoms with van der Waals surface area (Å²) in [5.74, 6) is 0. The number of hydrogen-bond donors (Lipinski definition) is 0. The van der Waals surface area contributed by atoms with Gasteiger partial charge in [0.2, 0.25) is 20.0 Å². The molecule has 9 heteroatoms. The minimum atomic E-state index is -3.99. The molecule has 0 N–H and O–H groups in total. The first-order valence-electron chi connectivity index (χ1n) is 11.4. The van der Waals surface area contributed by atoms with Crippen LogP contribution in [0.3, 0.4) is 0 Å². The number of benzene rings is 3. The fourth-order valence-electron chi connectivity index (χ4n) is 4.34. The van der Waals surface area contributed by atoms with Crippen LogP contribution in [0.2, 0.25) is 0 Å². The Labute approximate surface area is 208 Å². The Morgan fingerprint density at radius 3 is 1.63 bits per heavy atom.